The Balaban J connectivity index is 2.06. The van der Waals surface area contributed by atoms with Gasteiger partial charge < -0.3 is 4.90 Å². The summed E-state index contributed by atoms with van der Waals surface area (Å²) in [6.07, 6.45) is 5.03. The third-order valence-electron chi connectivity index (χ3n) is 3.87. The maximum atomic E-state index is 12.4. The van der Waals surface area contributed by atoms with Crippen molar-refractivity contribution in [3.8, 4) is 6.07 Å². The highest BCUT2D eigenvalue weighted by atomic mass is 16.2. The van der Waals surface area contributed by atoms with Crippen molar-refractivity contribution in [1.82, 2.24) is 4.90 Å². The van der Waals surface area contributed by atoms with Gasteiger partial charge in [-0.25, -0.2) is 0 Å². The van der Waals surface area contributed by atoms with Gasteiger partial charge in [-0.05, 0) is 51.9 Å². The topological polar surface area (TPSA) is 44.1 Å². The number of nitrogens with zero attached hydrogens (tertiary/aromatic N) is 2. The second kappa shape index (κ2) is 4.08. The van der Waals surface area contributed by atoms with Crippen molar-refractivity contribution in [2.45, 2.75) is 52.0 Å². The number of nitriles is 1. The maximum Gasteiger partial charge on any atom is 0.243 e. The van der Waals surface area contributed by atoms with Crippen LogP contribution in [0.4, 0.5) is 0 Å². The van der Waals surface area contributed by atoms with Crippen LogP contribution in [0.3, 0.4) is 0 Å². The van der Waals surface area contributed by atoms with E-state index < -0.39 is 5.41 Å². The fourth-order valence-electron chi connectivity index (χ4n) is 2.29. The lowest BCUT2D eigenvalue weighted by Crippen LogP contribution is -2.50. The molecule has 0 aromatic carbocycles. The van der Waals surface area contributed by atoms with E-state index >= 15 is 0 Å². The molecule has 0 bridgehead atoms. The fourth-order valence-corrected chi connectivity index (χ4v) is 2.29. The van der Waals surface area contributed by atoms with Crippen LogP contribution in [0.2, 0.25) is 0 Å². The lowest BCUT2D eigenvalue weighted by Gasteiger charge is -2.40. The van der Waals surface area contributed by atoms with Crippen molar-refractivity contribution >= 4 is 5.91 Å². The molecule has 0 unspecified atom stereocenters. The highest BCUT2D eigenvalue weighted by Gasteiger charge is 2.47. The predicted molar refractivity (Wildman–Crippen MR) is 61.5 cm³/mol. The molecule has 0 radical (unpaired) electrons. The van der Waals surface area contributed by atoms with E-state index in [0.717, 1.165) is 25.8 Å². The molecule has 2 fully saturated rings. The molecule has 3 heteroatoms. The summed E-state index contributed by atoms with van der Waals surface area (Å²) < 4.78 is 0. The van der Waals surface area contributed by atoms with Crippen molar-refractivity contribution in [2.24, 2.45) is 11.3 Å². The van der Waals surface area contributed by atoms with Gasteiger partial charge in [0.25, 0.3) is 0 Å². The van der Waals surface area contributed by atoms with Crippen molar-refractivity contribution in [3.05, 3.63) is 0 Å². The Morgan fingerprint density at radius 2 is 2.12 bits per heavy atom. The third-order valence-corrected chi connectivity index (χ3v) is 3.87. The first-order valence-corrected chi connectivity index (χ1v) is 6.31. The zero-order valence-electron chi connectivity index (χ0n) is 10.2. The largest absolute Gasteiger partial charge is 0.339 e. The van der Waals surface area contributed by atoms with Gasteiger partial charge in [-0.3, -0.25) is 4.79 Å². The van der Waals surface area contributed by atoms with Crippen molar-refractivity contribution < 1.29 is 4.79 Å². The standard InChI is InChI=1S/C13H20N2O/c1-10(2)15(8-11-4-5-11)12(16)13(9-14)6-3-7-13/h10-11H,3-8H2,1-2H3. The van der Waals surface area contributed by atoms with Gasteiger partial charge in [0.15, 0.2) is 0 Å². The molecular weight excluding hydrogens is 200 g/mol. The fraction of sp³-hybridized carbons (Fsp3) is 0.846. The summed E-state index contributed by atoms with van der Waals surface area (Å²) in [4.78, 5) is 14.3. The monoisotopic (exact) mass is 220 g/mol. The maximum absolute atomic E-state index is 12.4. The number of rotatable bonds is 4. The first-order chi connectivity index (χ1) is 7.59. The van der Waals surface area contributed by atoms with E-state index in [9.17, 15) is 10.1 Å². The highest BCUT2D eigenvalue weighted by molar-refractivity contribution is 5.86. The molecule has 0 saturated heterocycles. The summed E-state index contributed by atoms with van der Waals surface area (Å²) in [6, 6.07) is 2.47. The lowest BCUT2D eigenvalue weighted by molar-refractivity contribution is -0.145. The zero-order valence-corrected chi connectivity index (χ0v) is 10.2. The van der Waals surface area contributed by atoms with Gasteiger partial charge in [0.05, 0.1) is 6.07 Å². The number of carbonyl (C=O) groups is 1. The van der Waals surface area contributed by atoms with Crippen LogP contribution in [-0.4, -0.2) is 23.4 Å². The summed E-state index contributed by atoms with van der Waals surface area (Å²) >= 11 is 0. The summed E-state index contributed by atoms with van der Waals surface area (Å²) in [6.45, 7) is 4.95. The summed E-state index contributed by atoms with van der Waals surface area (Å²) in [5.74, 6) is 0.783. The molecule has 0 spiro atoms. The smallest absolute Gasteiger partial charge is 0.243 e. The van der Waals surface area contributed by atoms with Crippen molar-refractivity contribution in [1.29, 1.82) is 5.26 Å². The van der Waals surface area contributed by atoms with E-state index in [2.05, 4.69) is 6.07 Å². The Bertz CT molecular complexity index is 321. The summed E-state index contributed by atoms with van der Waals surface area (Å²) in [7, 11) is 0. The van der Waals surface area contributed by atoms with E-state index in [-0.39, 0.29) is 11.9 Å². The van der Waals surface area contributed by atoms with Gasteiger partial charge >= 0.3 is 0 Å². The van der Waals surface area contributed by atoms with Crippen LogP contribution in [0.25, 0.3) is 0 Å². The average molecular weight is 220 g/mol. The molecule has 2 rings (SSSR count). The Morgan fingerprint density at radius 3 is 2.44 bits per heavy atom. The molecule has 88 valence electrons. The van der Waals surface area contributed by atoms with Gasteiger partial charge in [-0.1, -0.05) is 0 Å². The first-order valence-electron chi connectivity index (χ1n) is 6.31. The van der Waals surface area contributed by atoms with Crippen LogP contribution in [0.15, 0.2) is 0 Å². The van der Waals surface area contributed by atoms with Gasteiger partial charge in [-0.15, -0.1) is 0 Å². The Kier molecular flexibility index (Phi) is 2.92. The van der Waals surface area contributed by atoms with Crippen LogP contribution < -0.4 is 0 Å². The molecule has 3 nitrogen and oxygen atoms in total. The van der Waals surface area contributed by atoms with E-state index in [1.807, 2.05) is 18.7 Å². The second-order valence-corrected chi connectivity index (χ2v) is 5.54. The van der Waals surface area contributed by atoms with Gasteiger partial charge in [0.2, 0.25) is 5.91 Å². The Hall–Kier alpha value is -1.04. The van der Waals surface area contributed by atoms with Crippen LogP contribution in [0.5, 0.6) is 0 Å². The molecule has 2 saturated carbocycles. The SMILES string of the molecule is CC(C)N(CC1CC1)C(=O)C1(C#N)CCC1. The Labute approximate surface area is 97.4 Å². The second-order valence-electron chi connectivity index (χ2n) is 5.54. The predicted octanol–water partition coefficient (Wildman–Crippen LogP) is 2.33. The molecule has 0 atom stereocenters. The van der Waals surface area contributed by atoms with Crippen LogP contribution in [0, 0.1) is 22.7 Å². The molecular formula is C13H20N2O. The van der Waals surface area contributed by atoms with E-state index in [4.69, 9.17) is 0 Å². The molecule has 0 aromatic heterocycles. The zero-order chi connectivity index (χ0) is 11.8. The van der Waals surface area contributed by atoms with Gasteiger partial charge in [-0.2, -0.15) is 5.26 Å². The minimum absolute atomic E-state index is 0.0863. The van der Waals surface area contributed by atoms with Crippen molar-refractivity contribution in [2.75, 3.05) is 6.54 Å². The highest BCUT2D eigenvalue weighted by Crippen LogP contribution is 2.43. The van der Waals surface area contributed by atoms with Gasteiger partial charge in [0, 0.05) is 12.6 Å². The quantitative estimate of drug-likeness (QED) is 0.729. The molecule has 0 aliphatic heterocycles. The minimum Gasteiger partial charge on any atom is -0.339 e. The lowest BCUT2D eigenvalue weighted by atomic mass is 9.69. The number of carbonyl (C=O) groups excluding carboxylic acids is 1. The summed E-state index contributed by atoms with van der Waals surface area (Å²) in [5, 5.41) is 9.19. The van der Waals surface area contributed by atoms with Crippen molar-refractivity contribution in [3.63, 3.8) is 0 Å². The molecule has 2 aliphatic carbocycles. The minimum atomic E-state index is -0.668. The molecule has 1 amide bonds. The van der Waals surface area contributed by atoms with E-state index in [0.29, 0.717) is 5.92 Å². The van der Waals surface area contributed by atoms with Crippen LogP contribution >= 0.6 is 0 Å². The normalized spacial score (nSPS) is 22.4. The molecule has 0 aromatic rings. The Morgan fingerprint density at radius 1 is 1.50 bits per heavy atom. The molecule has 16 heavy (non-hydrogen) atoms. The van der Waals surface area contributed by atoms with E-state index in [1.54, 1.807) is 0 Å². The molecule has 0 N–H and O–H groups in total. The van der Waals surface area contributed by atoms with Crippen LogP contribution in [-0.2, 0) is 4.79 Å². The third kappa shape index (κ3) is 1.93. The van der Waals surface area contributed by atoms with E-state index in [1.165, 1.54) is 12.8 Å². The summed E-state index contributed by atoms with van der Waals surface area (Å²) in [5.41, 5.74) is -0.668. The van der Waals surface area contributed by atoms with Crippen LogP contribution in [0.1, 0.15) is 46.0 Å². The number of hydrogen-bond donors (Lipinski definition) is 0. The first kappa shape index (κ1) is 11.4. The number of hydrogen-bond acceptors (Lipinski definition) is 2. The molecule has 2 aliphatic rings. The average Bonchev–Trinajstić information content (AvgIpc) is 2.96. The van der Waals surface area contributed by atoms with Gasteiger partial charge in [0.1, 0.15) is 5.41 Å². The number of amides is 1. The molecule has 0 heterocycles.